The lowest BCUT2D eigenvalue weighted by Gasteiger charge is -2.18. The van der Waals surface area contributed by atoms with E-state index in [-0.39, 0.29) is 18.0 Å². The molecule has 0 saturated carbocycles. The fourth-order valence-electron chi connectivity index (χ4n) is 1.22. The minimum Gasteiger partial charge on any atom is -0.388 e. The third-order valence-electron chi connectivity index (χ3n) is 2.09. The van der Waals surface area contributed by atoms with Crippen LogP contribution < -0.4 is 5.32 Å². The molecule has 0 fully saturated rings. The molecule has 0 aromatic carbocycles. The molecule has 1 amide bonds. The number of aliphatic hydroxyl groups is 2. The molecule has 1 aromatic rings. The van der Waals surface area contributed by atoms with Crippen molar-refractivity contribution in [3.8, 4) is 0 Å². The number of aliphatic hydroxyl groups excluding tert-OH is 2. The normalized spacial score (nSPS) is 14.2. The number of amides is 1. The molecule has 1 aromatic heterocycles. The Morgan fingerprint density at radius 3 is 2.88 bits per heavy atom. The summed E-state index contributed by atoms with van der Waals surface area (Å²) in [7, 11) is 0. The Bertz CT molecular complexity index is 417. The second kappa shape index (κ2) is 6.04. The third kappa shape index (κ3) is 4.03. The third-order valence-corrected chi connectivity index (χ3v) is 2.53. The zero-order valence-electron chi connectivity index (χ0n) is 9.02. The molecule has 2 atom stereocenters. The van der Waals surface area contributed by atoms with Crippen LogP contribution in [-0.2, 0) is 4.79 Å². The quantitative estimate of drug-likeness (QED) is 0.708. The first kappa shape index (κ1) is 14.0. The van der Waals surface area contributed by atoms with E-state index in [1.54, 1.807) is 0 Å². The van der Waals surface area contributed by atoms with E-state index in [9.17, 15) is 19.4 Å². The average Bonchev–Trinajstić information content (AvgIpc) is 2.28. The summed E-state index contributed by atoms with van der Waals surface area (Å²) in [6.07, 6.45) is -1.78. The van der Waals surface area contributed by atoms with Crippen LogP contribution >= 0.6 is 15.9 Å². The van der Waals surface area contributed by atoms with Gasteiger partial charge in [-0.05, 0) is 22.0 Å². The summed E-state index contributed by atoms with van der Waals surface area (Å²) >= 11 is 3.04. The molecular weight excluding hydrogens is 295 g/mol. The summed E-state index contributed by atoms with van der Waals surface area (Å²) in [5.41, 5.74) is -0.0790. The standard InChI is InChI=1S/C10H12BrFN2O3/c1-5(15)13-4-8(16)10(17)6-2-9(11)14-3-7(6)12/h2-3,8,10,16-17H,4H2,1H3,(H,13,15). The van der Waals surface area contributed by atoms with E-state index in [2.05, 4.69) is 26.2 Å². The molecule has 0 aliphatic heterocycles. The van der Waals surface area contributed by atoms with Crippen molar-refractivity contribution in [3.63, 3.8) is 0 Å². The van der Waals surface area contributed by atoms with Gasteiger partial charge in [-0.1, -0.05) is 0 Å². The van der Waals surface area contributed by atoms with Crippen molar-refractivity contribution in [2.75, 3.05) is 6.54 Å². The fraction of sp³-hybridized carbons (Fsp3) is 0.400. The number of carbonyl (C=O) groups is 1. The Labute approximate surface area is 106 Å². The van der Waals surface area contributed by atoms with E-state index in [0.717, 1.165) is 6.20 Å². The van der Waals surface area contributed by atoms with Gasteiger partial charge in [-0.3, -0.25) is 4.79 Å². The summed E-state index contributed by atoms with van der Waals surface area (Å²) in [5.74, 6) is -1.06. The van der Waals surface area contributed by atoms with Gasteiger partial charge in [-0.25, -0.2) is 9.37 Å². The molecule has 0 saturated heterocycles. The summed E-state index contributed by atoms with van der Waals surface area (Å²) in [4.78, 5) is 14.3. The van der Waals surface area contributed by atoms with Crippen LogP contribution in [0.25, 0.3) is 0 Å². The molecule has 3 N–H and O–H groups in total. The van der Waals surface area contributed by atoms with Gasteiger partial charge in [0, 0.05) is 19.0 Å². The maximum Gasteiger partial charge on any atom is 0.216 e. The highest BCUT2D eigenvalue weighted by molar-refractivity contribution is 9.10. The van der Waals surface area contributed by atoms with E-state index < -0.39 is 18.0 Å². The monoisotopic (exact) mass is 306 g/mol. The fourth-order valence-corrected chi connectivity index (χ4v) is 1.57. The largest absolute Gasteiger partial charge is 0.388 e. The summed E-state index contributed by atoms with van der Waals surface area (Å²) < 4.78 is 13.7. The topological polar surface area (TPSA) is 82.5 Å². The highest BCUT2D eigenvalue weighted by Crippen LogP contribution is 2.22. The molecule has 0 aliphatic rings. The molecule has 94 valence electrons. The molecule has 5 nitrogen and oxygen atoms in total. The van der Waals surface area contributed by atoms with Crippen LogP contribution in [0, 0.1) is 5.82 Å². The lowest BCUT2D eigenvalue weighted by molar-refractivity contribution is -0.119. The van der Waals surface area contributed by atoms with Crippen LogP contribution in [0.5, 0.6) is 0 Å². The molecule has 2 unspecified atom stereocenters. The molecule has 17 heavy (non-hydrogen) atoms. The number of nitrogens with zero attached hydrogens (tertiary/aromatic N) is 1. The smallest absolute Gasteiger partial charge is 0.216 e. The number of hydrogen-bond acceptors (Lipinski definition) is 4. The van der Waals surface area contributed by atoms with Crippen LogP contribution in [0.3, 0.4) is 0 Å². The molecule has 7 heteroatoms. The van der Waals surface area contributed by atoms with Crippen molar-refractivity contribution < 1.29 is 19.4 Å². The van der Waals surface area contributed by atoms with Crippen LogP contribution in [-0.4, -0.2) is 33.8 Å². The molecular formula is C10H12BrFN2O3. The molecule has 0 bridgehead atoms. The average molecular weight is 307 g/mol. The number of nitrogens with one attached hydrogen (secondary N) is 1. The highest BCUT2D eigenvalue weighted by Gasteiger charge is 2.22. The van der Waals surface area contributed by atoms with Crippen molar-refractivity contribution in [1.29, 1.82) is 0 Å². The molecule has 0 radical (unpaired) electrons. The van der Waals surface area contributed by atoms with Crippen molar-refractivity contribution >= 4 is 21.8 Å². The minimum absolute atomic E-state index is 0.0790. The predicted octanol–water partition coefficient (Wildman–Crippen LogP) is 0.514. The second-order valence-corrected chi connectivity index (χ2v) is 4.29. The molecule has 1 heterocycles. The zero-order chi connectivity index (χ0) is 13.0. The predicted molar refractivity (Wildman–Crippen MR) is 61.5 cm³/mol. The van der Waals surface area contributed by atoms with E-state index in [1.807, 2.05) is 0 Å². The van der Waals surface area contributed by atoms with E-state index in [0.29, 0.717) is 4.60 Å². The Hall–Kier alpha value is -1.05. The molecule has 0 aliphatic carbocycles. The van der Waals surface area contributed by atoms with Crippen LogP contribution in [0.4, 0.5) is 4.39 Å². The summed E-state index contributed by atoms with van der Waals surface area (Å²) in [5, 5.41) is 21.6. The number of hydrogen-bond donors (Lipinski definition) is 3. The molecule has 0 spiro atoms. The summed E-state index contributed by atoms with van der Waals surface area (Å²) in [6, 6.07) is 1.27. The second-order valence-electron chi connectivity index (χ2n) is 3.48. The van der Waals surface area contributed by atoms with Crippen molar-refractivity contribution in [2.45, 2.75) is 19.1 Å². The Morgan fingerprint density at radius 1 is 1.65 bits per heavy atom. The van der Waals surface area contributed by atoms with Gasteiger partial charge in [-0.15, -0.1) is 0 Å². The van der Waals surface area contributed by atoms with Gasteiger partial charge in [0.15, 0.2) is 0 Å². The number of halogens is 2. The lowest BCUT2D eigenvalue weighted by Crippen LogP contribution is -2.34. The highest BCUT2D eigenvalue weighted by atomic mass is 79.9. The first-order valence-corrected chi connectivity index (χ1v) is 5.62. The SMILES string of the molecule is CC(=O)NCC(O)C(O)c1cc(Br)ncc1F. The van der Waals surface area contributed by atoms with E-state index >= 15 is 0 Å². The first-order valence-electron chi connectivity index (χ1n) is 4.83. The van der Waals surface area contributed by atoms with Gasteiger partial charge in [0.25, 0.3) is 0 Å². The van der Waals surface area contributed by atoms with Gasteiger partial charge in [0.2, 0.25) is 5.91 Å². The number of carbonyl (C=O) groups excluding carboxylic acids is 1. The van der Waals surface area contributed by atoms with Gasteiger partial charge < -0.3 is 15.5 Å². The van der Waals surface area contributed by atoms with Gasteiger partial charge in [-0.2, -0.15) is 0 Å². The van der Waals surface area contributed by atoms with Gasteiger partial charge in [0.05, 0.1) is 6.20 Å². The van der Waals surface area contributed by atoms with Crippen LogP contribution in [0.1, 0.15) is 18.6 Å². The Morgan fingerprint density at radius 2 is 2.29 bits per heavy atom. The number of aromatic nitrogens is 1. The maximum atomic E-state index is 13.3. The zero-order valence-corrected chi connectivity index (χ0v) is 10.6. The van der Waals surface area contributed by atoms with Gasteiger partial charge >= 0.3 is 0 Å². The Balaban J connectivity index is 2.77. The van der Waals surface area contributed by atoms with Gasteiger partial charge in [0.1, 0.15) is 22.6 Å². The van der Waals surface area contributed by atoms with Crippen LogP contribution in [0.15, 0.2) is 16.9 Å². The Kier molecular flexibility index (Phi) is 4.98. The number of pyridine rings is 1. The summed E-state index contributed by atoms with van der Waals surface area (Å²) in [6.45, 7) is 1.12. The molecule has 1 rings (SSSR count). The maximum absolute atomic E-state index is 13.3. The van der Waals surface area contributed by atoms with Crippen molar-refractivity contribution in [2.24, 2.45) is 0 Å². The van der Waals surface area contributed by atoms with E-state index in [4.69, 9.17) is 0 Å². The van der Waals surface area contributed by atoms with Crippen molar-refractivity contribution in [1.82, 2.24) is 10.3 Å². The number of rotatable bonds is 4. The lowest BCUT2D eigenvalue weighted by atomic mass is 10.1. The van der Waals surface area contributed by atoms with E-state index in [1.165, 1.54) is 13.0 Å². The first-order chi connectivity index (χ1) is 7.91. The minimum atomic E-state index is -1.43. The van der Waals surface area contributed by atoms with Crippen LogP contribution in [0.2, 0.25) is 0 Å². The van der Waals surface area contributed by atoms with Crippen molar-refractivity contribution in [3.05, 3.63) is 28.2 Å².